The minimum Gasteiger partial charge on any atom is -0.384 e. The van der Waals surface area contributed by atoms with Gasteiger partial charge in [0.1, 0.15) is 5.78 Å². The van der Waals surface area contributed by atoms with E-state index in [-0.39, 0.29) is 30.4 Å². The van der Waals surface area contributed by atoms with E-state index in [1.54, 1.807) is 22.7 Å². The third-order valence-corrected chi connectivity index (χ3v) is 8.49. The van der Waals surface area contributed by atoms with E-state index in [1.807, 2.05) is 40.4 Å². The van der Waals surface area contributed by atoms with Gasteiger partial charge in [-0.1, -0.05) is 31.5 Å². The van der Waals surface area contributed by atoms with Crippen LogP contribution in [0.15, 0.2) is 40.4 Å². The van der Waals surface area contributed by atoms with Crippen LogP contribution in [0.25, 0.3) is 0 Å². The quantitative estimate of drug-likeness (QED) is 0.461. The fourth-order valence-corrected chi connectivity index (χ4v) is 5.88. The summed E-state index contributed by atoms with van der Waals surface area (Å²) in [6.45, 7) is 8.48. The van der Waals surface area contributed by atoms with E-state index < -0.39 is 5.60 Å². The molecule has 4 heterocycles. The summed E-state index contributed by atoms with van der Waals surface area (Å²) in [5.74, 6) is -0.410. The third-order valence-electron chi connectivity index (χ3n) is 6.79. The fourth-order valence-electron chi connectivity index (χ4n) is 4.54. The van der Waals surface area contributed by atoms with Gasteiger partial charge >= 0.3 is 18.9 Å². The van der Waals surface area contributed by atoms with E-state index in [4.69, 9.17) is 18.9 Å². The third kappa shape index (κ3) is 10.2. The molecule has 9 heteroatoms. The minimum absolute atomic E-state index is 0. The van der Waals surface area contributed by atoms with Crippen molar-refractivity contribution in [3.63, 3.8) is 0 Å². The molecule has 0 atom stereocenters. The van der Waals surface area contributed by atoms with Crippen LogP contribution in [0.3, 0.4) is 0 Å². The molecular formula is C28H41LiO6S2. The first-order valence-corrected chi connectivity index (χ1v) is 14.9. The molecule has 4 fully saturated rings. The molecular weight excluding hydrogens is 503 g/mol. The van der Waals surface area contributed by atoms with Crippen LogP contribution in [0.1, 0.15) is 76.0 Å². The summed E-state index contributed by atoms with van der Waals surface area (Å²) in [5.41, 5.74) is -0.658. The van der Waals surface area contributed by atoms with Crippen molar-refractivity contribution in [1.82, 2.24) is 0 Å². The van der Waals surface area contributed by atoms with Crippen molar-refractivity contribution in [1.29, 1.82) is 0 Å². The van der Waals surface area contributed by atoms with Gasteiger partial charge in [-0.05, 0) is 35.0 Å². The number of unbranched alkanes of at least 4 members (excludes halogenated alkanes) is 1. The van der Waals surface area contributed by atoms with Gasteiger partial charge in [-0.15, -0.1) is 11.3 Å². The zero-order valence-electron chi connectivity index (χ0n) is 22.5. The molecule has 2 aromatic rings. The number of Topliss-reactive ketones (excluding diaryl/α,β-unsaturated/α-hetero) is 1. The number of carbonyl (C=O) groups is 1. The maximum Gasteiger partial charge on any atom is 1.00 e. The van der Waals surface area contributed by atoms with E-state index in [2.05, 4.69) is 13.8 Å². The summed E-state index contributed by atoms with van der Waals surface area (Å²) in [6.07, 6.45) is 8.08. The molecule has 0 unspecified atom stereocenters. The van der Waals surface area contributed by atoms with E-state index >= 15 is 0 Å². The number of thiophene rings is 2. The smallest absolute Gasteiger partial charge is 0.384 e. The molecule has 6 rings (SSSR count). The second-order valence-corrected chi connectivity index (χ2v) is 11.2. The van der Waals surface area contributed by atoms with Gasteiger partial charge in [-0.25, -0.2) is 0 Å². The zero-order chi connectivity index (χ0) is 25.7. The zero-order valence-corrected chi connectivity index (χ0v) is 24.1. The molecule has 1 N–H and O–H groups in total. The summed E-state index contributed by atoms with van der Waals surface area (Å²) >= 11 is 3.34. The SMILES string of the molecule is O=C1CCC2(CC1)OCCO2.OC1(c2cccs2)CCC2(CC1)OCCO2.[CH2-]CCC.[Li+].c1ccsc1. The van der Waals surface area contributed by atoms with Gasteiger partial charge in [-0.2, -0.15) is 17.8 Å². The summed E-state index contributed by atoms with van der Waals surface area (Å²) in [7, 11) is 0. The topological polar surface area (TPSA) is 74.2 Å². The first-order valence-electron chi connectivity index (χ1n) is 13.1. The standard InChI is InChI=1S/C12H16O3S.C8H12O3.C4H4S.C4H9.Li/c13-11(10-2-1-9-16-10)3-5-12(6-4-11)14-7-8-15-12;9-7-1-3-8(4-2-7)10-5-6-11-8;1-2-4-5-3-1;1-3-4-2;/h1-2,9,13H,3-8H2;1-6H2;1-4H;1,3-4H2,2H3;/q;;;-1;+1. The van der Waals surface area contributed by atoms with Crippen molar-refractivity contribution in [2.45, 2.75) is 88.3 Å². The summed E-state index contributed by atoms with van der Waals surface area (Å²) in [5, 5.41) is 16.7. The normalized spacial score (nSPS) is 22.5. The number of aliphatic hydroxyl groups is 1. The molecule has 2 spiro atoms. The van der Waals surface area contributed by atoms with Crippen molar-refractivity contribution in [3.8, 4) is 0 Å². The maximum absolute atomic E-state index is 10.9. The van der Waals surface area contributed by atoms with Crippen LogP contribution in [0.5, 0.6) is 0 Å². The number of hydrogen-bond donors (Lipinski definition) is 1. The largest absolute Gasteiger partial charge is 1.00 e. The van der Waals surface area contributed by atoms with Crippen molar-refractivity contribution >= 4 is 28.5 Å². The molecule has 0 amide bonds. The number of hydrogen-bond acceptors (Lipinski definition) is 8. The predicted octanol–water partition coefficient (Wildman–Crippen LogP) is 3.50. The second kappa shape index (κ2) is 16.5. The van der Waals surface area contributed by atoms with Gasteiger partial charge in [0.05, 0.1) is 32.0 Å². The summed E-state index contributed by atoms with van der Waals surface area (Å²) < 4.78 is 22.2. The number of ketones is 1. The number of rotatable bonds is 2. The van der Waals surface area contributed by atoms with Crippen molar-refractivity contribution in [2.75, 3.05) is 26.4 Å². The first kappa shape index (κ1) is 32.7. The molecule has 6 nitrogen and oxygen atoms in total. The van der Waals surface area contributed by atoms with Crippen molar-refractivity contribution in [3.05, 3.63) is 52.2 Å². The van der Waals surface area contributed by atoms with Crippen LogP contribution in [0.2, 0.25) is 0 Å². The first-order chi connectivity index (χ1) is 17.4. The fraction of sp³-hybridized carbons (Fsp3) is 0.643. The predicted molar refractivity (Wildman–Crippen MR) is 144 cm³/mol. The molecule has 4 aliphatic rings. The van der Waals surface area contributed by atoms with Crippen molar-refractivity contribution < 1.29 is 47.7 Å². The van der Waals surface area contributed by atoms with Gasteiger partial charge in [0, 0.05) is 43.4 Å². The minimum atomic E-state index is -0.658. The van der Waals surface area contributed by atoms with Crippen LogP contribution in [0, 0.1) is 6.92 Å². The molecule has 0 aromatic carbocycles. The van der Waals surface area contributed by atoms with Crippen LogP contribution >= 0.6 is 22.7 Å². The molecule has 2 saturated heterocycles. The van der Waals surface area contributed by atoms with Crippen LogP contribution in [-0.2, 0) is 29.3 Å². The number of carbonyl (C=O) groups excluding carboxylic acids is 1. The molecule has 2 aromatic heterocycles. The maximum atomic E-state index is 10.9. The molecule has 2 aliphatic heterocycles. The second-order valence-electron chi connectivity index (χ2n) is 9.41. The monoisotopic (exact) mass is 544 g/mol. The van der Waals surface area contributed by atoms with Crippen LogP contribution < -0.4 is 18.9 Å². The Hall–Kier alpha value is -0.533. The van der Waals surface area contributed by atoms with Gasteiger partial charge in [-0.3, -0.25) is 4.79 Å². The van der Waals surface area contributed by atoms with Gasteiger partial charge in [0.2, 0.25) is 0 Å². The Labute approximate surface area is 242 Å². The van der Waals surface area contributed by atoms with Crippen LogP contribution in [-0.4, -0.2) is 48.9 Å². The van der Waals surface area contributed by atoms with Gasteiger partial charge < -0.3 is 31.0 Å². The van der Waals surface area contributed by atoms with Crippen molar-refractivity contribution in [2.24, 2.45) is 0 Å². The molecule has 0 bridgehead atoms. The van der Waals surface area contributed by atoms with Crippen LogP contribution in [0.4, 0.5) is 0 Å². The summed E-state index contributed by atoms with van der Waals surface area (Å²) in [4.78, 5) is 12.0. The van der Waals surface area contributed by atoms with E-state index in [0.717, 1.165) is 49.8 Å². The Kier molecular flexibility index (Phi) is 14.6. The average Bonchev–Trinajstić information content (AvgIpc) is 3.74. The average molecular weight is 545 g/mol. The molecule has 0 radical (unpaired) electrons. The molecule has 2 saturated carbocycles. The van der Waals surface area contributed by atoms with E-state index in [9.17, 15) is 9.90 Å². The molecule has 202 valence electrons. The Morgan fingerprint density at radius 1 is 0.838 bits per heavy atom. The van der Waals surface area contributed by atoms with E-state index in [1.165, 1.54) is 6.42 Å². The van der Waals surface area contributed by atoms with E-state index in [0.29, 0.717) is 45.1 Å². The Bertz CT molecular complexity index is 805. The molecule has 2 aliphatic carbocycles. The van der Waals surface area contributed by atoms with Gasteiger partial charge in [0.15, 0.2) is 11.6 Å². The summed E-state index contributed by atoms with van der Waals surface area (Å²) in [6, 6.07) is 8.04. The number of ether oxygens (including phenoxy) is 4. The molecule has 37 heavy (non-hydrogen) atoms. The Morgan fingerprint density at radius 3 is 1.70 bits per heavy atom. The Morgan fingerprint density at radius 2 is 1.32 bits per heavy atom. The Balaban J connectivity index is 0.000000198. The van der Waals surface area contributed by atoms with Gasteiger partial charge in [0.25, 0.3) is 0 Å².